The lowest BCUT2D eigenvalue weighted by Gasteiger charge is -2.30. The fourth-order valence-electron chi connectivity index (χ4n) is 4.41. The summed E-state index contributed by atoms with van der Waals surface area (Å²) in [6.45, 7) is 5.25. The number of aryl methyl sites for hydroxylation is 1. The first kappa shape index (κ1) is 20.4. The van der Waals surface area contributed by atoms with Gasteiger partial charge in [-0.3, -0.25) is 9.59 Å². The molecular formula is C24H28N2O4. The molecule has 0 spiro atoms. The molecule has 2 atom stereocenters. The van der Waals surface area contributed by atoms with E-state index in [2.05, 4.69) is 0 Å². The Kier molecular flexibility index (Phi) is 6.04. The van der Waals surface area contributed by atoms with Crippen LogP contribution in [0.3, 0.4) is 0 Å². The topological polar surface area (TPSA) is 59.1 Å². The standard InChI is InChI=1S/C24H28N2O4/c1-17-5-3-4-6-20(17)23(27)26-15-21(18-7-9-19(29-2)10-8-18)22(16-26)24(28)25-11-13-30-14-12-25/h3-10,21-22H,11-16H2,1-2H3. The molecule has 4 rings (SSSR count). The third-order valence-corrected chi connectivity index (χ3v) is 6.17. The Morgan fingerprint density at radius 3 is 2.33 bits per heavy atom. The van der Waals surface area contributed by atoms with Crippen LogP contribution in [0.15, 0.2) is 48.5 Å². The fraction of sp³-hybridized carbons (Fsp3) is 0.417. The molecule has 0 N–H and O–H groups in total. The Labute approximate surface area is 177 Å². The molecule has 158 valence electrons. The van der Waals surface area contributed by atoms with Crippen LogP contribution in [0.1, 0.15) is 27.4 Å². The number of carbonyl (C=O) groups is 2. The van der Waals surface area contributed by atoms with Gasteiger partial charge in [-0.2, -0.15) is 0 Å². The minimum atomic E-state index is -0.260. The van der Waals surface area contributed by atoms with Crippen molar-refractivity contribution in [3.05, 3.63) is 65.2 Å². The lowest BCUT2D eigenvalue weighted by atomic mass is 9.88. The highest BCUT2D eigenvalue weighted by Crippen LogP contribution is 2.36. The zero-order chi connectivity index (χ0) is 21.1. The van der Waals surface area contributed by atoms with Gasteiger partial charge in [0, 0.05) is 37.7 Å². The summed E-state index contributed by atoms with van der Waals surface area (Å²) in [6, 6.07) is 15.5. The Morgan fingerprint density at radius 1 is 0.967 bits per heavy atom. The molecule has 2 amide bonds. The molecule has 2 aliphatic rings. The summed E-state index contributed by atoms with van der Waals surface area (Å²) in [6.07, 6.45) is 0. The monoisotopic (exact) mass is 408 g/mol. The summed E-state index contributed by atoms with van der Waals surface area (Å²) in [5, 5.41) is 0. The number of nitrogens with zero attached hydrogens (tertiary/aromatic N) is 2. The average molecular weight is 408 g/mol. The number of ether oxygens (including phenoxy) is 2. The molecule has 0 radical (unpaired) electrons. The summed E-state index contributed by atoms with van der Waals surface area (Å²) in [7, 11) is 1.64. The number of likely N-dealkylation sites (tertiary alicyclic amines) is 1. The lowest BCUT2D eigenvalue weighted by Crippen LogP contribution is -2.45. The lowest BCUT2D eigenvalue weighted by molar-refractivity contribution is -0.139. The number of hydrogen-bond donors (Lipinski definition) is 0. The summed E-state index contributed by atoms with van der Waals surface area (Å²) < 4.78 is 10.7. The van der Waals surface area contributed by atoms with Crippen LogP contribution in [0.2, 0.25) is 0 Å². The molecule has 6 heteroatoms. The highest BCUT2D eigenvalue weighted by Gasteiger charge is 2.42. The molecule has 2 heterocycles. The van der Waals surface area contributed by atoms with Crippen LogP contribution in [0.4, 0.5) is 0 Å². The maximum atomic E-state index is 13.4. The molecule has 0 aliphatic carbocycles. The smallest absolute Gasteiger partial charge is 0.254 e. The van der Waals surface area contributed by atoms with Gasteiger partial charge in [0.05, 0.1) is 26.2 Å². The van der Waals surface area contributed by atoms with Crippen molar-refractivity contribution >= 4 is 11.8 Å². The first-order valence-electron chi connectivity index (χ1n) is 10.4. The van der Waals surface area contributed by atoms with E-state index >= 15 is 0 Å². The zero-order valence-electron chi connectivity index (χ0n) is 17.5. The molecule has 0 aromatic heterocycles. The van der Waals surface area contributed by atoms with E-state index in [-0.39, 0.29) is 23.7 Å². The van der Waals surface area contributed by atoms with E-state index in [1.165, 1.54) is 0 Å². The number of rotatable bonds is 4. The van der Waals surface area contributed by atoms with Crippen molar-refractivity contribution in [3.63, 3.8) is 0 Å². The SMILES string of the molecule is COc1ccc(C2CN(C(=O)c3ccccc3C)CC2C(=O)N2CCOCC2)cc1. The van der Waals surface area contributed by atoms with Crippen LogP contribution in [0.5, 0.6) is 5.75 Å². The Bertz CT molecular complexity index is 906. The van der Waals surface area contributed by atoms with E-state index in [9.17, 15) is 9.59 Å². The van der Waals surface area contributed by atoms with Crippen molar-refractivity contribution in [1.82, 2.24) is 9.80 Å². The molecule has 0 saturated carbocycles. The first-order chi connectivity index (χ1) is 14.6. The maximum absolute atomic E-state index is 13.4. The van der Waals surface area contributed by atoms with Gasteiger partial charge in [0.15, 0.2) is 0 Å². The van der Waals surface area contributed by atoms with E-state index < -0.39 is 0 Å². The summed E-state index contributed by atoms with van der Waals surface area (Å²) in [5.41, 5.74) is 2.71. The van der Waals surface area contributed by atoms with E-state index in [4.69, 9.17) is 9.47 Å². The van der Waals surface area contributed by atoms with Gasteiger partial charge in [-0.1, -0.05) is 30.3 Å². The van der Waals surface area contributed by atoms with Gasteiger partial charge in [-0.05, 0) is 36.2 Å². The van der Waals surface area contributed by atoms with Crippen LogP contribution in [0.25, 0.3) is 0 Å². The van der Waals surface area contributed by atoms with Crippen LogP contribution >= 0.6 is 0 Å². The second kappa shape index (κ2) is 8.88. The summed E-state index contributed by atoms with van der Waals surface area (Å²) in [4.78, 5) is 30.4. The summed E-state index contributed by atoms with van der Waals surface area (Å²) in [5.74, 6) is 0.576. The molecule has 2 fully saturated rings. The molecule has 2 saturated heterocycles. The number of carbonyl (C=O) groups excluding carboxylic acids is 2. The van der Waals surface area contributed by atoms with Gasteiger partial charge in [-0.25, -0.2) is 0 Å². The van der Waals surface area contributed by atoms with E-state index in [1.54, 1.807) is 7.11 Å². The van der Waals surface area contributed by atoms with Crippen LogP contribution in [0, 0.1) is 12.8 Å². The number of benzene rings is 2. The largest absolute Gasteiger partial charge is 0.497 e. The maximum Gasteiger partial charge on any atom is 0.254 e. The van der Waals surface area contributed by atoms with Gasteiger partial charge in [0.25, 0.3) is 5.91 Å². The van der Waals surface area contributed by atoms with Gasteiger partial charge in [0.2, 0.25) is 5.91 Å². The number of methoxy groups -OCH3 is 1. The molecule has 2 unspecified atom stereocenters. The molecule has 2 aromatic carbocycles. The zero-order valence-corrected chi connectivity index (χ0v) is 17.5. The molecule has 2 aliphatic heterocycles. The second-order valence-corrected chi connectivity index (χ2v) is 7.95. The predicted octanol–water partition coefficient (Wildman–Crippen LogP) is 2.72. The number of hydrogen-bond acceptors (Lipinski definition) is 4. The molecular weight excluding hydrogens is 380 g/mol. The fourth-order valence-corrected chi connectivity index (χ4v) is 4.41. The normalized spacial score (nSPS) is 21.5. The molecule has 30 heavy (non-hydrogen) atoms. The van der Waals surface area contributed by atoms with E-state index in [0.29, 0.717) is 45.0 Å². The van der Waals surface area contributed by atoms with Crippen molar-refractivity contribution in [3.8, 4) is 5.75 Å². The van der Waals surface area contributed by atoms with Crippen molar-refractivity contribution in [2.24, 2.45) is 5.92 Å². The third-order valence-electron chi connectivity index (χ3n) is 6.17. The van der Waals surface area contributed by atoms with Crippen LogP contribution in [-0.4, -0.2) is 68.1 Å². The van der Waals surface area contributed by atoms with Crippen molar-refractivity contribution in [2.75, 3.05) is 46.5 Å². The minimum absolute atomic E-state index is 0.0103. The predicted molar refractivity (Wildman–Crippen MR) is 114 cm³/mol. The summed E-state index contributed by atoms with van der Waals surface area (Å²) >= 11 is 0. The van der Waals surface area contributed by atoms with Crippen molar-refractivity contribution in [2.45, 2.75) is 12.8 Å². The highest BCUT2D eigenvalue weighted by atomic mass is 16.5. The Hall–Kier alpha value is -2.86. The molecule has 6 nitrogen and oxygen atoms in total. The number of morpholine rings is 1. The Morgan fingerprint density at radius 2 is 1.67 bits per heavy atom. The first-order valence-corrected chi connectivity index (χ1v) is 10.4. The minimum Gasteiger partial charge on any atom is -0.497 e. The van der Waals surface area contributed by atoms with Crippen molar-refractivity contribution in [1.29, 1.82) is 0 Å². The quantitative estimate of drug-likeness (QED) is 0.781. The van der Waals surface area contributed by atoms with Crippen LogP contribution in [-0.2, 0) is 9.53 Å². The molecule has 0 bridgehead atoms. The number of amides is 2. The average Bonchev–Trinajstić information content (AvgIpc) is 3.24. The van der Waals surface area contributed by atoms with E-state index in [0.717, 1.165) is 16.9 Å². The van der Waals surface area contributed by atoms with Gasteiger partial charge < -0.3 is 19.3 Å². The Balaban J connectivity index is 1.61. The second-order valence-electron chi connectivity index (χ2n) is 7.95. The highest BCUT2D eigenvalue weighted by molar-refractivity contribution is 5.96. The van der Waals surface area contributed by atoms with Crippen LogP contribution < -0.4 is 4.74 Å². The third kappa shape index (κ3) is 4.05. The van der Waals surface area contributed by atoms with Gasteiger partial charge in [-0.15, -0.1) is 0 Å². The molecule has 2 aromatic rings. The van der Waals surface area contributed by atoms with Gasteiger partial charge >= 0.3 is 0 Å². The van der Waals surface area contributed by atoms with E-state index in [1.807, 2.05) is 65.3 Å². The van der Waals surface area contributed by atoms with Gasteiger partial charge in [0.1, 0.15) is 5.75 Å². The van der Waals surface area contributed by atoms with Crippen molar-refractivity contribution < 1.29 is 19.1 Å².